The fraction of sp³-hybridized carbons (Fsp3) is 0.333. The highest BCUT2D eigenvalue weighted by atomic mass is 19.1. The number of carbonyl (C=O) groups excluding carboxylic acids is 2. The van der Waals surface area contributed by atoms with Crippen molar-refractivity contribution in [3.05, 3.63) is 77.6 Å². The average molecular weight is 533 g/mol. The van der Waals surface area contributed by atoms with E-state index in [1.165, 1.54) is 29.2 Å². The Morgan fingerprint density at radius 1 is 0.769 bits per heavy atom. The van der Waals surface area contributed by atoms with Gasteiger partial charge in [-0.05, 0) is 60.9 Å². The second kappa shape index (κ2) is 10.8. The fourth-order valence-corrected chi connectivity index (χ4v) is 5.29. The molecule has 2 amide bonds. The van der Waals surface area contributed by atoms with E-state index in [4.69, 9.17) is 18.9 Å². The number of hydrogen-bond donors (Lipinski definition) is 1. The molecule has 9 heteroatoms. The Morgan fingerprint density at radius 2 is 1.36 bits per heavy atom. The maximum Gasteiger partial charge on any atom is 0.259 e. The third-order valence-electron chi connectivity index (χ3n) is 7.21. The number of anilines is 1. The fourth-order valence-electron chi connectivity index (χ4n) is 5.29. The Hall–Kier alpha value is -4.27. The van der Waals surface area contributed by atoms with E-state index < -0.39 is 17.8 Å². The number of carbonyl (C=O) groups is 2. The molecule has 3 aliphatic rings. The van der Waals surface area contributed by atoms with E-state index >= 15 is 0 Å². The molecular weight excluding hydrogens is 503 g/mol. The van der Waals surface area contributed by atoms with Gasteiger partial charge in [0.25, 0.3) is 5.91 Å². The monoisotopic (exact) mass is 532 g/mol. The lowest BCUT2D eigenvalue weighted by molar-refractivity contribution is -0.123. The molecule has 1 N–H and O–H groups in total. The molecule has 202 valence electrons. The van der Waals surface area contributed by atoms with Crippen LogP contribution in [0.1, 0.15) is 47.6 Å². The minimum atomic E-state index is -1.07. The highest BCUT2D eigenvalue weighted by Gasteiger charge is 2.36. The Labute approximate surface area is 225 Å². The van der Waals surface area contributed by atoms with Gasteiger partial charge in [-0.1, -0.05) is 25.0 Å². The molecule has 1 unspecified atom stereocenters. The predicted octanol–water partition coefficient (Wildman–Crippen LogP) is 4.82. The molecular formula is C30H29FN2O6. The number of rotatable bonds is 6. The topological polar surface area (TPSA) is 86.3 Å². The van der Waals surface area contributed by atoms with E-state index in [2.05, 4.69) is 5.32 Å². The summed E-state index contributed by atoms with van der Waals surface area (Å²) >= 11 is 0. The lowest BCUT2D eigenvalue weighted by Crippen LogP contribution is -2.46. The second-order valence-electron chi connectivity index (χ2n) is 9.81. The Kier molecular flexibility index (Phi) is 6.96. The third kappa shape index (κ3) is 5.21. The zero-order chi connectivity index (χ0) is 26.8. The van der Waals surface area contributed by atoms with Crippen LogP contribution in [0.15, 0.2) is 60.7 Å². The molecule has 0 aromatic heterocycles. The largest absolute Gasteiger partial charge is 0.486 e. The van der Waals surface area contributed by atoms with Crippen LogP contribution in [-0.4, -0.2) is 44.3 Å². The van der Waals surface area contributed by atoms with Crippen LogP contribution in [0.5, 0.6) is 23.0 Å². The number of halogens is 1. The standard InChI is InChI=1S/C30H29FN2O6/c31-21-8-5-19(6-9-21)28(29(34)32-22-3-1-2-4-22)33(23-10-12-25-27(18-23)39-16-14-37-25)30(35)20-7-11-24-26(17-20)38-15-13-36-24/h5-12,17-18,22,28H,1-4,13-16H2,(H,32,34). The van der Waals surface area contributed by atoms with Crippen LogP contribution in [-0.2, 0) is 4.79 Å². The quantitative estimate of drug-likeness (QED) is 0.490. The van der Waals surface area contributed by atoms with Crippen molar-refractivity contribution >= 4 is 17.5 Å². The maximum atomic E-state index is 14.3. The van der Waals surface area contributed by atoms with Crippen LogP contribution in [0.25, 0.3) is 0 Å². The first-order valence-corrected chi connectivity index (χ1v) is 13.3. The molecule has 0 bridgehead atoms. The van der Waals surface area contributed by atoms with Gasteiger partial charge in [-0.15, -0.1) is 0 Å². The zero-order valence-electron chi connectivity index (χ0n) is 21.4. The lowest BCUT2D eigenvalue weighted by atomic mass is 10.0. The van der Waals surface area contributed by atoms with E-state index in [0.717, 1.165) is 25.7 Å². The van der Waals surface area contributed by atoms with Gasteiger partial charge < -0.3 is 24.3 Å². The summed E-state index contributed by atoms with van der Waals surface area (Å²) < 4.78 is 36.8. The first kappa shape index (κ1) is 25.0. The highest BCUT2D eigenvalue weighted by molar-refractivity contribution is 6.10. The summed E-state index contributed by atoms with van der Waals surface area (Å²) in [6, 6.07) is 14.7. The molecule has 0 radical (unpaired) electrons. The van der Waals surface area contributed by atoms with Gasteiger partial charge in [0.2, 0.25) is 5.91 Å². The van der Waals surface area contributed by atoms with Gasteiger partial charge in [0.15, 0.2) is 23.0 Å². The molecule has 6 rings (SSSR count). The molecule has 1 aliphatic carbocycles. The third-order valence-corrected chi connectivity index (χ3v) is 7.21. The van der Waals surface area contributed by atoms with Crippen molar-refractivity contribution in [3.63, 3.8) is 0 Å². The van der Waals surface area contributed by atoms with Crippen molar-refractivity contribution in [1.29, 1.82) is 0 Å². The van der Waals surface area contributed by atoms with Crippen molar-refractivity contribution in [1.82, 2.24) is 5.32 Å². The van der Waals surface area contributed by atoms with E-state index in [9.17, 15) is 14.0 Å². The molecule has 2 heterocycles. The number of hydrogen-bond acceptors (Lipinski definition) is 6. The van der Waals surface area contributed by atoms with E-state index in [1.807, 2.05) is 0 Å². The minimum absolute atomic E-state index is 0.0203. The molecule has 3 aromatic carbocycles. The minimum Gasteiger partial charge on any atom is -0.486 e. The molecule has 1 atom stereocenters. The molecule has 0 saturated heterocycles. The number of ether oxygens (including phenoxy) is 4. The van der Waals surface area contributed by atoms with E-state index in [1.54, 1.807) is 36.4 Å². The highest BCUT2D eigenvalue weighted by Crippen LogP contribution is 2.39. The summed E-state index contributed by atoms with van der Waals surface area (Å²) in [5.74, 6) is 0.852. The summed E-state index contributed by atoms with van der Waals surface area (Å²) in [6.07, 6.45) is 3.83. The lowest BCUT2D eigenvalue weighted by Gasteiger charge is -2.33. The van der Waals surface area contributed by atoms with Gasteiger partial charge >= 0.3 is 0 Å². The van der Waals surface area contributed by atoms with Gasteiger partial charge in [0.05, 0.1) is 0 Å². The second-order valence-corrected chi connectivity index (χ2v) is 9.81. The van der Waals surface area contributed by atoms with Gasteiger partial charge in [-0.3, -0.25) is 14.5 Å². The van der Waals surface area contributed by atoms with Crippen LogP contribution in [0.3, 0.4) is 0 Å². The SMILES string of the molecule is O=C(NC1CCCC1)C(c1ccc(F)cc1)N(C(=O)c1ccc2c(c1)OCCO2)c1ccc2c(c1)OCCO2. The Balaban J connectivity index is 1.46. The van der Waals surface area contributed by atoms with Gasteiger partial charge in [-0.25, -0.2) is 4.39 Å². The average Bonchev–Trinajstić information content (AvgIpc) is 3.48. The summed E-state index contributed by atoms with van der Waals surface area (Å²) in [5.41, 5.74) is 1.23. The number of fused-ring (bicyclic) bond motifs is 2. The molecule has 0 spiro atoms. The number of benzene rings is 3. The van der Waals surface area contributed by atoms with Crippen LogP contribution >= 0.6 is 0 Å². The van der Waals surface area contributed by atoms with Gasteiger partial charge in [0.1, 0.15) is 38.3 Å². The Morgan fingerprint density at radius 3 is 2.03 bits per heavy atom. The van der Waals surface area contributed by atoms with E-state index in [-0.39, 0.29) is 11.9 Å². The zero-order valence-corrected chi connectivity index (χ0v) is 21.4. The van der Waals surface area contributed by atoms with E-state index in [0.29, 0.717) is 66.2 Å². The normalized spacial score (nSPS) is 16.8. The van der Waals surface area contributed by atoms with Crippen molar-refractivity contribution in [3.8, 4) is 23.0 Å². The van der Waals surface area contributed by atoms with Crippen LogP contribution in [0.4, 0.5) is 10.1 Å². The summed E-state index contributed by atoms with van der Waals surface area (Å²) in [7, 11) is 0. The first-order chi connectivity index (χ1) is 19.1. The number of nitrogens with one attached hydrogen (secondary N) is 1. The van der Waals surface area contributed by atoms with Crippen molar-refractivity contribution in [2.75, 3.05) is 31.3 Å². The van der Waals surface area contributed by atoms with Gasteiger partial charge in [-0.2, -0.15) is 0 Å². The number of amides is 2. The molecule has 1 saturated carbocycles. The summed E-state index contributed by atoms with van der Waals surface area (Å²) in [4.78, 5) is 29.7. The molecule has 1 fully saturated rings. The molecule has 3 aromatic rings. The predicted molar refractivity (Wildman–Crippen MR) is 141 cm³/mol. The molecule has 2 aliphatic heterocycles. The van der Waals surface area contributed by atoms with Crippen LogP contribution in [0.2, 0.25) is 0 Å². The smallest absolute Gasteiger partial charge is 0.259 e. The molecule has 8 nitrogen and oxygen atoms in total. The maximum absolute atomic E-state index is 14.3. The first-order valence-electron chi connectivity index (χ1n) is 13.3. The van der Waals surface area contributed by atoms with Crippen molar-refractivity contribution < 1.29 is 32.9 Å². The van der Waals surface area contributed by atoms with Crippen molar-refractivity contribution in [2.45, 2.75) is 37.8 Å². The number of nitrogens with zero attached hydrogens (tertiary/aromatic N) is 1. The van der Waals surface area contributed by atoms with Crippen LogP contribution in [0, 0.1) is 5.82 Å². The van der Waals surface area contributed by atoms with Crippen LogP contribution < -0.4 is 29.2 Å². The Bertz CT molecular complexity index is 1370. The summed E-state index contributed by atoms with van der Waals surface area (Å²) in [5, 5.41) is 3.13. The molecule has 39 heavy (non-hydrogen) atoms. The summed E-state index contributed by atoms with van der Waals surface area (Å²) in [6.45, 7) is 1.60. The van der Waals surface area contributed by atoms with Gasteiger partial charge in [0, 0.05) is 23.4 Å². The van der Waals surface area contributed by atoms with Crippen molar-refractivity contribution in [2.24, 2.45) is 0 Å².